The molecule has 0 fully saturated rings. The van der Waals surface area contributed by atoms with Crippen molar-refractivity contribution in [3.8, 4) is 11.3 Å². The number of aliphatic hydroxyl groups is 1. The van der Waals surface area contributed by atoms with Gasteiger partial charge in [0, 0.05) is 10.8 Å². The normalized spacial score (nSPS) is 12.6. The number of hydrogen-bond acceptors (Lipinski definition) is 6. The van der Waals surface area contributed by atoms with Gasteiger partial charge in [-0.2, -0.15) is 0 Å². The Morgan fingerprint density at radius 1 is 1.17 bits per heavy atom. The van der Waals surface area contributed by atoms with Crippen LogP contribution in [0.25, 0.3) is 22.2 Å². The minimum Gasteiger partial charge on any atom is -0.423 e. The molecule has 1 aromatic carbocycles. The highest BCUT2D eigenvalue weighted by Crippen LogP contribution is 2.28. The zero-order valence-corrected chi connectivity index (χ0v) is 13.1. The number of fused-ring (bicyclic) bond motifs is 1. The van der Waals surface area contributed by atoms with E-state index in [1.807, 2.05) is 19.1 Å². The fourth-order valence-electron chi connectivity index (χ4n) is 2.74. The van der Waals surface area contributed by atoms with Crippen LogP contribution in [-0.4, -0.2) is 32.4 Å². The third kappa shape index (κ3) is 2.74. The molecular weight excluding hydrogens is 295 g/mol. The molecule has 2 aromatic heterocycles. The van der Waals surface area contributed by atoms with Crippen molar-refractivity contribution in [2.45, 2.75) is 26.9 Å². The average Bonchev–Trinajstić information content (AvgIpc) is 2.90. The van der Waals surface area contributed by atoms with E-state index in [-0.39, 0.29) is 5.46 Å². The van der Waals surface area contributed by atoms with Crippen LogP contribution in [0.4, 0.5) is 0 Å². The summed E-state index contributed by atoms with van der Waals surface area (Å²) >= 11 is 0. The lowest BCUT2D eigenvalue weighted by Crippen LogP contribution is -2.32. The molecule has 1 unspecified atom stereocenters. The maximum absolute atomic E-state index is 10.00. The van der Waals surface area contributed by atoms with Crippen molar-refractivity contribution in [2.75, 3.05) is 0 Å². The second-order valence-electron chi connectivity index (χ2n) is 5.71. The Morgan fingerprint density at radius 3 is 2.48 bits per heavy atom. The molecule has 3 rings (SSSR count). The van der Waals surface area contributed by atoms with E-state index in [1.165, 1.54) is 6.26 Å². The van der Waals surface area contributed by atoms with Crippen LogP contribution in [0.2, 0.25) is 0 Å². The molecule has 23 heavy (non-hydrogen) atoms. The van der Waals surface area contributed by atoms with Gasteiger partial charge in [0.05, 0.1) is 28.6 Å². The van der Waals surface area contributed by atoms with Crippen molar-refractivity contribution in [3.05, 3.63) is 41.3 Å². The molecule has 1 atom stereocenters. The van der Waals surface area contributed by atoms with Crippen LogP contribution in [0, 0.1) is 13.8 Å². The topological polar surface area (TPSA) is 99.6 Å². The molecule has 0 spiro atoms. The number of rotatable bonds is 3. The van der Waals surface area contributed by atoms with Crippen LogP contribution >= 0.6 is 0 Å². The molecule has 0 saturated carbocycles. The molecule has 0 bridgehead atoms. The van der Waals surface area contributed by atoms with Crippen molar-refractivity contribution in [1.82, 2.24) is 10.1 Å². The second kappa shape index (κ2) is 5.77. The highest BCUT2D eigenvalue weighted by atomic mass is 16.5. The number of aryl methyl sites for hydroxylation is 2. The zero-order chi connectivity index (χ0) is 16.7. The van der Waals surface area contributed by atoms with E-state index in [9.17, 15) is 15.2 Å². The van der Waals surface area contributed by atoms with Crippen LogP contribution < -0.4 is 5.46 Å². The Kier molecular flexibility index (Phi) is 3.93. The van der Waals surface area contributed by atoms with Crippen LogP contribution in [0.15, 0.2) is 29.0 Å². The van der Waals surface area contributed by atoms with Gasteiger partial charge < -0.3 is 19.7 Å². The summed E-state index contributed by atoms with van der Waals surface area (Å²) in [5.74, 6) is 0. The molecular formula is C16H17BN2O4. The first-order valence-corrected chi connectivity index (χ1v) is 7.29. The van der Waals surface area contributed by atoms with Crippen LogP contribution in [0.3, 0.4) is 0 Å². The molecule has 0 aliphatic heterocycles. The second-order valence-corrected chi connectivity index (χ2v) is 5.71. The third-order valence-electron chi connectivity index (χ3n) is 3.87. The first kappa shape index (κ1) is 15.7. The molecule has 118 valence electrons. The largest absolute Gasteiger partial charge is 0.490 e. The molecule has 3 N–H and O–H groups in total. The Labute approximate surface area is 133 Å². The van der Waals surface area contributed by atoms with Crippen LogP contribution in [0.5, 0.6) is 0 Å². The summed E-state index contributed by atoms with van der Waals surface area (Å²) in [6, 6.07) is 5.41. The van der Waals surface area contributed by atoms with Gasteiger partial charge in [-0.25, -0.2) is 4.98 Å². The summed E-state index contributed by atoms with van der Waals surface area (Å²) in [7, 11) is -1.70. The van der Waals surface area contributed by atoms with Gasteiger partial charge in [-0.15, -0.1) is 0 Å². The summed E-state index contributed by atoms with van der Waals surface area (Å²) in [5.41, 5.74) is 4.20. The van der Waals surface area contributed by atoms with E-state index in [2.05, 4.69) is 10.1 Å². The lowest BCUT2D eigenvalue weighted by Gasteiger charge is -2.14. The summed E-state index contributed by atoms with van der Waals surface area (Å²) in [6.07, 6.45) is 0.742. The van der Waals surface area contributed by atoms with E-state index < -0.39 is 13.2 Å². The molecule has 7 heteroatoms. The molecule has 0 aliphatic rings. The van der Waals surface area contributed by atoms with Gasteiger partial charge in [-0.3, -0.25) is 0 Å². The van der Waals surface area contributed by atoms with Crippen molar-refractivity contribution < 1.29 is 19.7 Å². The fourth-order valence-corrected chi connectivity index (χ4v) is 2.74. The predicted octanol–water partition coefficient (Wildman–Crippen LogP) is 1.24. The lowest BCUT2D eigenvalue weighted by molar-refractivity contribution is 0.201. The maximum Gasteiger partial charge on any atom is 0.490 e. The summed E-state index contributed by atoms with van der Waals surface area (Å²) < 4.78 is 4.94. The molecule has 2 heterocycles. The summed E-state index contributed by atoms with van der Waals surface area (Å²) in [6.45, 7) is 5.35. The maximum atomic E-state index is 10.00. The Morgan fingerprint density at radius 2 is 1.91 bits per heavy atom. The van der Waals surface area contributed by atoms with Gasteiger partial charge in [0.15, 0.2) is 0 Å². The molecule has 6 nitrogen and oxygen atoms in total. The van der Waals surface area contributed by atoms with Crippen molar-refractivity contribution in [3.63, 3.8) is 0 Å². The third-order valence-corrected chi connectivity index (χ3v) is 3.87. The van der Waals surface area contributed by atoms with E-state index in [1.54, 1.807) is 19.9 Å². The van der Waals surface area contributed by atoms with Crippen LogP contribution in [-0.2, 0) is 0 Å². The van der Waals surface area contributed by atoms with Crippen molar-refractivity contribution in [1.29, 1.82) is 0 Å². The van der Waals surface area contributed by atoms with Gasteiger partial charge in [0.1, 0.15) is 6.26 Å². The smallest absolute Gasteiger partial charge is 0.423 e. The summed E-state index contributed by atoms with van der Waals surface area (Å²) in [4.78, 5) is 4.57. The van der Waals surface area contributed by atoms with E-state index in [4.69, 9.17) is 4.52 Å². The Bertz CT molecular complexity index is 874. The highest BCUT2D eigenvalue weighted by molar-refractivity contribution is 6.60. The monoisotopic (exact) mass is 312 g/mol. The lowest BCUT2D eigenvalue weighted by atomic mass is 9.76. The van der Waals surface area contributed by atoms with Gasteiger partial charge in [0.25, 0.3) is 0 Å². The molecule has 3 aromatic rings. The number of aliphatic hydroxyl groups excluding tert-OH is 1. The number of pyridine rings is 1. The minimum absolute atomic E-state index is 0.245. The fraction of sp³-hybridized carbons (Fsp3) is 0.250. The Balaban J connectivity index is 2.38. The van der Waals surface area contributed by atoms with E-state index in [0.717, 1.165) is 5.56 Å². The van der Waals surface area contributed by atoms with Gasteiger partial charge in [0.2, 0.25) is 0 Å². The SMILES string of the molecule is Cc1cc(C(C)O)c2cc(B(O)O)c(-c3conc3C)nc2c1. The van der Waals surface area contributed by atoms with Crippen molar-refractivity contribution in [2.24, 2.45) is 0 Å². The first-order valence-electron chi connectivity index (χ1n) is 7.29. The predicted molar refractivity (Wildman–Crippen MR) is 87.2 cm³/mol. The Hall–Kier alpha value is -2.22. The molecule has 0 amide bonds. The molecule has 0 saturated heterocycles. The average molecular weight is 312 g/mol. The number of benzene rings is 1. The quantitative estimate of drug-likeness (QED) is 0.629. The van der Waals surface area contributed by atoms with E-state index >= 15 is 0 Å². The molecule has 0 radical (unpaired) electrons. The van der Waals surface area contributed by atoms with E-state index in [0.29, 0.717) is 33.4 Å². The number of aromatic nitrogens is 2. The van der Waals surface area contributed by atoms with Crippen molar-refractivity contribution >= 4 is 23.5 Å². The van der Waals surface area contributed by atoms with Gasteiger partial charge in [-0.1, -0.05) is 17.3 Å². The zero-order valence-electron chi connectivity index (χ0n) is 13.1. The van der Waals surface area contributed by atoms with Gasteiger partial charge >= 0.3 is 7.12 Å². The van der Waals surface area contributed by atoms with Gasteiger partial charge in [-0.05, 0) is 38.0 Å². The minimum atomic E-state index is -1.70. The summed E-state index contributed by atoms with van der Waals surface area (Å²) in [5, 5.41) is 34.0. The molecule has 0 aliphatic carbocycles. The number of nitrogens with zero attached hydrogens (tertiary/aromatic N) is 2. The first-order chi connectivity index (χ1) is 10.9. The standard InChI is InChI=1S/C16H17BN2O4/c1-8-4-11(10(3)20)12-6-14(17(21)22)16(18-15(12)5-8)13-7-23-19-9(13)2/h4-7,10,20-22H,1-3H3. The number of hydrogen-bond donors (Lipinski definition) is 3. The highest BCUT2D eigenvalue weighted by Gasteiger charge is 2.23. The van der Waals surface area contributed by atoms with Crippen LogP contribution in [0.1, 0.15) is 29.8 Å².